The van der Waals surface area contributed by atoms with Crippen molar-refractivity contribution in [1.29, 1.82) is 0 Å². The van der Waals surface area contributed by atoms with Crippen molar-refractivity contribution in [2.75, 3.05) is 6.61 Å². The minimum absolute atomic E-state index is 0.0748. The lowest BCUT2D eigenvalue weighted by molar-refractivity contribution is -0.134. The van der Waals surface area contributed by atoms with Gasteiger partial charge in [-0.2, -0.15) is 0 Å². The van der Waals surface area contributed by atoms with Gasteiger partial charge in [-0.1, -0.05) is 71.9 Å². The number of ketones is 1. The second kappa shape index (κ2) is 13.6. The van der Waals surface area contributed by atoms with Crippen LogP contribution in [0.2, 0.25) is 0 Å². The number of epoxide rings is 1. The number of hydrogen-bond donors (Lipinski definition) is 3. The van der Waals surface area contributed by atoms with Gasteiger partial charge >= 0.3 is 6.09 Å². The quantitative estimate of drug-likeness (QED) is 0.325. The van der Waals surface area contributed by atoms with E-state index in [-0.39, 0.29) is 30.1 Å². The number of hydrogen-bond acceptors (Lipinski definition) is 6. The van der Waals surface area contributed by atoms with Crippen molar-refractivity contribution in [1.82, 2.24) is 16.0 Å². The van der Waals surface area contributed by atoms with E-state index in [0.717, 1.165) is 5.56 Å². The molecule has 0 bridgehead atoms. The smallest absolute Gasteiger partial charge is 0.408 e. The molecule has 1 aliphatic heterocycles. The van der Waals surface area contributed by atoms with Crippen LogP contribution in [0.3, 0.4) is 0 Å². The second-order valence-electron chi connectivity index (χ2n) is 11.2. The van der Waals surface area contributed by atoms with Gasteiger partial charge in [0, 0.05) is 0 Å². The number of amides is 3. The van der Waals surface area contributed by atoms with Gasteiger partial charge in [0.2, 0.25) is 11.8 Å². The number of ether oxygens (including phenoxy) is 2. The Labute approximate surface area is 220 Å². The lowest BCUT2D eigenvalue weighted by Crippen LogP contribution is -2.58. The van der Waals surface area contributed by atoms with Gasteiger partial charge in [0.15, 0.2) is 5.78 Å². The zero-order valence-corrected chi connectivity index (χ0v) is 23.1. The van der Waals surface area contributed by atoms with Crippen LogP contribution in [0, 0.1) is 17.8 Å². The van der Waals surface area contributed by atoms with Crippen LogP contribution >= 0.6 is 0 Å². The molecule has 0 aromatic heterocycles. The molecule has 206 valence electrons. The van der Waals surface area contributed by atoms with Crippen LogP contribution in [0.4, 0.5) is 4.79 Å². The van der Waals surface area contributed by atoms with E-state index in [1.54, 1.807) is 20.8 Å². The van der Waals surface area contributed by atoms with Gasteiger partial charge in [-0.05, 0) is 43.1 Å². The highest BCUT2D eigenvalue weighted by molar-refractivity contribution is 5.98. The van der Waals surface area contributed by atoms with Crippen molar-refractivity contribution in [3.05, 3.63) is 35.9 Å². The van der Waals surface area contributed by atoms with Crippen LogP contribution in [-0.4, -0.2) is 54.0 Å². The molecule has 2 rings (SSSR count). The fourth-order valence-electron chi connectivity index (χ4n) is 3.99. The molecule has 3 N–H and O–H groups in total. The Morgan fingerprint density at radius 3 is 1.92 bits per heavy atom. The van der Waals surface area contributed by atoms with Crippen molar-refractivity contribution in [3.63, 3.8) is 0 Å². The summed E-state index contributed by atoms with van der Waals surface area (Å²) in [4.78, 5) is 51.9. The van der Waals surface area contributed by atoms with Gasteiger partial charge in [-0.3, -0.25) is 14.4 Å². The zero-order chi connectivity index (χ0) is 27.8. The number of alkyl carbamates (subject to hydrolysis) is 1. The molecule has 1 heterocycles. The number of carbonyl (C=O) groups excluding carboxylic acids is 4. The monoisotopic (exact) mass is 517 g/mol. The average Bonchev–Trinajstić information content (AvgIpc) is 3.58. The molecular weight excluding hydrogens is 474 g/mol. The van der Waals surface area contributed by atoms with E-state index in [0.29, 0.717) is 19.4 Å². The molecule has 1 aromatic carbocycles. The SMILES string of the molecule is CC(C)C[C@H](NC(=O)[C@H](NC(=O)OCc1ccccc1)C(C)C)C(=O)N[C@@H](CC(C)C)C(=O)[C@]1(C)CO1. The molecule has 4 atom stereocenters. The van der Waals surface area contributed by atoms with Crippen LogP contribution < -0.4 is 16.0 Å². The van der Waals surface area contributed by atoms with Crippen LogP contribution in [0.25, 0.3) is 0 Å². The van der Waals surface area contributed by atoms with Crippen molar-refractivity contribution >= 4 is 23.7 Å². The molecule has 1 aliphatic rings. The van der Waals surface area contributed by atoms with Gasteiger partial charge in [0.1, 0.15) is 24.3 Å². The van der Waals surface area contributed by atoms with Crippen LogP contribution in [0.5, 0.6) is 0 Å². The number of nitrogens with one attached hydrogen (secondary N) is 3. The predicted octanol–water partition coefficient (Wildman–Crippen LogP) is 3.36. The largest absolute Gasteiger partial charge is 0.445 e. The van der Waals surface area contributed by atoms with E-state index in [4.69, 9.17) is 9.47 Å². The normalized spacial score (nSPS) is 19.2. The highest BCUT2D eigenvalue weighted by Crippen LogP contribution is 2.29. The summed E-state index contributed by atoms with van der Waals surface area (Å²) in [5.41, 5.74) is -0.0380. The molecule has 3 amide bonds. The van der Waals surface area contributed by atoms with E-state index >= 15 is 0 Å². The van der Waals surface area contributed by atoms with Crippen molar-refractivity contribution in [2.24, 2.45) is 17.8 Å². The number of rotatable bonds is 14. The third-order valence-corrected chi connectivity index (χ3v) is 6.21. The third kappa shape index (κ3) is 9.80. The molecule has 1 aromatic rings. The first-order valence-corrected chi connectivity index (χ1v) is 13.1. The Bertz CT molecular complexity index is 927. The van der Waals surface area contributed by atoms with E-state index < -0.39 is 41.6 Å². The topological polar surface area (TPSA) is 126 Å². The van der Waals surface area contributed by atoms with Gasteiger partial charge in [-0.25, -0.2) is 4.79 Å². The first-order valence-electron chi connectivity index (χ1n) is 13.1. The standard InChI is InChI=1S/C28H43N3O6/c1-17(2)13-21(24(32)28(7)16-37-28)29-25(33)22(14-18(3)4)30-26(34)23(19(5)6)31-27(35)36-15-20-11-9-8-10-12-20/h8-12,17-19,21-23H,13-16H2,1-7H3,(H,29,33)(H,30,34)(H,31,35)/t21-,22-,23+,28-/m0/s1. The predicted molar refractivity (Wildman–Crippen MR) is 141 cm³/mol. The van der Waals surface area contributed by atoms with E-state index in [9.17, 15) is 19.2 Å². The van der Waals surface area contributed by atoms with Gasteiger partial charge < -0.3 is 25.4 Å². The average molecular weight is 518 g/mol. The van der Waals surface area contributed by atoms with Gasteiger partial charge in [0.25, 0.3) is 0 Å². The summed E-state index contributed by atoms with van der Waals surface area (Å²) in [6.07, 6.45) is 0.120. The fourth-order valence-corrected chi connectivity index (χ4v) is 3.99. The highest BCUT2D eigenvalue weighted by Gasteiger charge is 2.50. The maximum absolute atomic E-state index is 13.3. The molecule has 0 unspecified atom stereocenters. The number of benzene rings is 1. The molecule has 0 aliphatic carbocycles. The molecule has 1 fully saturated rings. The second-order valence-corrected chi connectivity index (χ2v) is 11.2. The Morgan fingerprint density at radius 1 is 0.865 bits per heavy atom. The minimum atomic E-state index is -0.905. The maximum atomic E-state index is 13.3. The van der Waals surface area contributed by atoms with Crippen molar-refractivity contribution in [2.45, 2.75) is 91.6 Å². The van der Waals surface area contributed by atoms with Crippen LogP contribution in [0.15, 0.2) is 30.3 Å². The summed E-state index contributed by atoms with van der Waals surface area (Å²) in [5, 5.41) is 8.28. The van der Waals surface area contributed by atoms with Crippen molar-refractivity contribution < 1.29 is 28.7 Å². The van der Waals surface area contributed by atoms with Crippen LogP contribution in [-0.2, 0) is 30.5 Å². The summed E-state index contributed by atoms with van der Waals surface area (Å²) >= 11 is 0. The molecule has 0 saturated carbocycles. The fraction of sp³-hybridized carbons (Fsp3) is 0.643. The summed E-state index contributed by atoms with van der Waals surface area (Å²) in [6.45, 7) is 13.6. The Hall–Kier alpha value is -2.94. The highest BCUT2D eigenvalue weighted by atomic mass is 16.6. The Morgan fingerprint density at radius 2 is 1.41 bits per heavy atom. The molecule has 37 heavy (non-hydrogen) atoms. The van der Waals surface area contributed by atoms with Gasteiger partial charge in [-0.15, -0.1) is 0 Å². The molecule has 1 saturated heterocycles. The summed E-state index contributed by atoms with van der Waals surface area (Å²) < 4.78 is 10.6. The minimum Gasteiger partial charge on any atom is -0.445 e. The van der Waals surface area contributed by atoms with Crippen LogP contribution in [0.1, 0.15) is 66.9 Å². The zero-order valence-electron chi connectivity index (χ0n) is 23.1. The van der Waals surface area contributed by atoms with E-state index in [1.807, 2.05) is 58.0 Å². The Kier molecular flexibility index (Phi) is 11.1. The molecular formula is C28H43N3O6. The first-order chi connectivity index (χ1) is 17.3. The molecule has 9 nitrogen and oxygen atoms in total. The van der Waals surface area contributed by atoms with Gasteiger partial charge in [0.05, 0.1) is 12.6 Å². The van der Waals surface area contributed by atoms with E-state index in [1.165, 1.54) is 0 Å². The molecule has 0 spiro atoms. The summed E-state index contributed by atoms with van der Waals surface area (Å²) in [7, 11) is 0. The Balaban J connectivity index is 2.06. The third-order valence-electron chi connectivity index (χ3n) is 6.21. The maximum Gasteiger partial charge on any atom is 0.408 e. The first kappa shape index (κ1) is 30.3. The molecule has 9 heteroatoms. The number of Topliss-reactive ketones (excluding diaryl/α,β-unsaturated/α-hetero) is 1. The molecule has 0 radical (unpaired) electrons. The number of carbonyl (C=O) groups is 4. The van der Waals surface area contributed by atoms with Crippen molar-refractivity contribution in [3.8, 4) is 0 Å². The summed E-state index contributed by atoms with van der Waals surface area (Å²) in [5.74, 6) is -1.07. The lowest BCUT2D eigenvalue weighted by Gasteiger charge is -2.28. The lowest BCUT2D eigenvalue weighted by atomic mass is 9.92. The summed E-state index contributed by atoms with van der Waals surface area (Å²) in [6, 6.07) is 6.75. The van der Waals surface area contributed by atoms with E-state index in [2.05, 4.69) is 16.0 Å².